The molecule has 7 nitrogen and oxygen atoms in total. The predicted octanol–water partition coefficient (Wildman–Crippen LogP) is 4.06. The highest BCUT2D eigenvalue weighted by Crippen LogP contribution is 2.29. The van der Waals surface area contributed by atoms with E-state index in [-0.39, 0.29) is 5.91 Å². The van der Waals surface area contributed by atoms with Crippen LogP contribution in [0, 0.1) is 13.8 Å². The summed E-state index contributed by atoms with van der Waals surface area (Å²) in [5.41, 5.74) is 3.69. The lowest BCUT2D eigenvalue weighted by molar-refractivity contribution is -0.115. The van der Waals surface area contributed by atoms with Crippen LogP contribution in [-0.4, -0.2) is 38.5 Å². The maximum atomic E-state index is 12.7. The van der Waals surface area contributed by atoms with Crippen molar-refractivity contribution in [2.24, 2.45) is 0 Å². The van der Waals surface area contributed by atoms with Crippen LogP contribution in [0.3, 0.4) is 0 Å². The number of nitrogens with one attached hydrogen (secondary N) is 1. The van der Waals surface area contributed by atoms with Gasteiger partial charge in [0, 0.05) is 5.02 Å². The number of rotatable bonds is 6. The predicted molar refractivity (Wildman–Crippen MR) is 111 cm³/mol. The Hall–Kier alpha value is -2.58. The number of ether oxygens (including phenoxy) is 1. The molecule has 0 aliphatic heterocycles. The van der Waals surface area contributed by atoms with Crippen LogP contribution in [0.2, 0.25) is 5.02 Å². The van der Waals surface area contributed by atoms with Crippen LogP contribution in [0.4, 0.5) is 5.69 Å². The van der Waals surface area contributed by atoms with Crippen molar-refractivity contribution in [3.05, 3.63) is 52.5 Å². The van der Waals surface area contributed by atoms with Gasteiger partial charge in [-0.15, -0.1) is 5.10 Å². The summed E-state index contributed by atoms with van der Waals surface area (Å²) in [7, 11) is 1.54. The highest BCUT2D eigenvalue weighted by Gasteiger charge is 2.20. The first-order valence-corrected chi connectivity index (χ1v) is 9.82. The first kappa shape index (κ1) is 20.2. The molecule has 0 radical (unpaired) electrons. The Morgan fingerprint density at radius 3 is 2.71 bits per heavy atom. The van der Waals surface area contributed by atoms with Crippen molar-refractivity contribution in [3.8, 4) is 11.4 Å². The number of tetrazole rings is 1. The van der Waals surface area contributed by atoms with Gasteiger partial charge in [-0.05, 0) is 72.7 Å². The Kier molecular flexibility index (Phi) is 6.21. The highest BCUT2D eigenvalue weighted by atomic mass is 35.5. The van der Waals surface area contributed by atoms with Crippen molar-refractivity contribution in [3.63, 3.8) is 0 Å². The molecule has 3 aromatic rings. The van der Waals surface area contributed by atoms with Crippen LogP contribution >= 0.6 is 23.4 Å². The molecule has 0 aliphatic carbocycles. The molecule has 1 atom stereocenters. The van der Waals surface area contributed by atoms with Gasteiger partial charge >= 0.3 is 0 Å². The molecule has 146 valence electrons. The molecule has 0 bridgehead atoms. The van der Waals surface area contributed by atoms with Crippen molar-refractivity contribution in [1.29, 1.82) is 0 Å². The van der Waals surface area contributed by atoms with E-state index in [9.17, 15) is 4.79 Å². The third-order valence-corrected chi connectivity index (χ3v) is 5.51. The summed E-state index contributed by atoms with van der Waals surface area (Å²) in [5, 5.41) is 15.3. The summed E-state index contributed by atoms with van der Waals surface area (Å²) in [6.07, 6.45) is 0. The van der Waals surface area contributed by atoms with Crippen LogP contribution in [0.5, 0.6) is 5.75 Å². The van der Waals surface area contributed by atoms with Gasteiger partial charge in [0.25, 0.3) is 0 Å². The number of benzene rings is 2. The fourth-order valence-electron chi connectivity index (χ4n) is 2.50. The minimum Gasteiger partial charge on any atom is -0.495 e. The normalized spacial score (nSPS) is 11.9. The van der Waals surface area contributed by atoms with Crippen molar-refractivity contribution in [2.45, 2.75) is 31.2 Å². The minimum atomic E-state index is -0.444. The first-order valence-electron chi connectivity index (χ1n) is 8.56. The van der Waals surface area contributed by atoms with Crippen LogP contribution in [-0.2, 0) is 4.79 Å². The van der Waals surface area contributed by atoms with Gasteiger partial charge in [0.05, 0.1) is 23.7 Å². The molecule has 3 rings (SSSR count). The largest absolute Gasteiger partial charge is 0.495 e. The molecule has 0 spiro atoms. The third kappa shape index (κ3) is 4.45. The minimum absolute atomic E-state index is 0.208. The lowest BCUT2D eigenvalue weighted by atomic mass is 10.1. The number of anilines is 1. The monoisotopic (exact) mass is 417 g/mol. The second-order valence-electron chi connectivity index (χ2n) is 6.24. The molecule has 0 fully saturated rings. The molecule has 0 aliphatic rings. The van der Waals surface area contributed by atoms with E-state index in [0.29, 0.717) is 21.6 Å². The lowest BCUT2D eigenvalue weighted by Gasteiger charge is -2.14. The number of carbonyl (C=O) groups is 1. The number of hydrogen-bond donors (Lipinski definition) is 1. The molecular formula is C19H20ClN5O2S. The number of amides is 1. The van der Waals surface area contributed by atoms with E-state index >= 15 is 0 Å². The van der Waals surface area contributed by atoms with E-state index in [1.807, 2.05) is 32.0 Å². The summed E-state index contributed by atoms with van der Waals surface area (Å²) >= 11 is 7.29. The molecular weight excluding hydrogens is 398 g/mol. The van der Waals surface area contributed by atoms with E-state index in [0.717, 1.165) is 11.3 Å². The second-order valence-corrected chi connectivity index (χ2v) is 7.98. The van der Waals surface area contributed by atoms with Crippen molar-refractivity contribution < 1.29 is 9.53 Å². The molecule has 0 saturated carbocycles. The molecule has 9 heteroatoms. The number of nitrogens with zero attached hydrogens (tertiary/aromatic N) is 4. The van der Waals surface area contributed by atoms with E-state index in [4.69, 9.17) is 16.3 Å². The molecule has 1 heterocycles. The molecule has 2 aromatic carbocycles. The highest BCUT2D eigenvalue weighted by molar-refractivity contribution is 8.00. The Labute approximate surface area is 172 Å². The van der Waals surface area contributed by atoms with Gasteiger partial charge in [-0.1, -0.05) is 29.4 Å². The maximum Gasteiger partial charge on any atom is 0.237 e. The van der Waals surface area contributed by atoms with Crippen LogP contribution in [0.15, 0.2) is 41.6 Å². The first-order chi connectivity index (χ1) is 13.4. The molecule has 28 heavy (non-hydrogen) atoms. The standard InChI is InChI=1S/C19H20ClN5O2S/c1-11-5-7-15(9-12(11)2)25-19(22-23-24-25)28-13(3)18(26)21-16-10-14(20)6-8-17(16)27-4/h5-10,13H,1-4H3,(H,21,26)/t13-/m1/s1. The van der Waals surface area contributed by atoms with Gasteiger partial charge in [0.15, 0.2) is 0 Å². The van der Waals surface area contributed by atoms with Crippen molar-refractivity contribution >= 4 is 35.0 Å². The lowest BCUT2D eigenvalue weighted by Crippen LogP contribution is -2.23. The van der Waals surface area contributed by atoms with Crippen molar-refractivity contribution in [2.75, 3.05) is 12.4 Å². The number of carbonyl (C=O) groups excluding carboxylic acids is 1. The molecule has 1 aromatic heterocycles. The average Bonchev–Trinajstić information content (AvgIpc) is 3.12. The van der Waals surface area contributed by atoms with E-state index < -0.39 is 5.25 Å². The van der Waals surface area contributed by atoms with Crippen LogP contribution < -0.4 is 10.1 Å². The summed E-state index contributed by atoms with van der Waals surface area (Å²) in [4.78, 5) is 12.7. The van der Waals surface area contributed by atoms with Gasteiger partial charge < -0.3 is 10.1 Å². The summed E-state index contributed by atoms with van der Waals surface area (Å²) in [6, 6.07) is 11.0. The van der Waals surface area contributed by atoms with Crippen LogP contribution in [0.25, 0.3) is 5.69 Å². The zero-order valence-corrected chi connectivity index (χ0v) is 17.5. The number of aryl methyl sites for hydroxylation is 2. The Bertz CT molecular complexity index is 1010. The van der Waals surface area contributed by atoms with Gasteiger partial charge in [-0.2, -0.15) is 4.68 Å². The molecule has 0 saturated heterocycles. The number of hydrogen-bond acceptors (Lipinski definition) is 6. The SMILES string of the molecule is COc1ccc(Cl)cc1NC(=O)[C@@H](C)Sc1nnnn1-c1ccc(C)c(C)c1. The zero-order chi connectivity index (χ0) is 20.3. The second kappa shape index (κ2) is 8.62. The molecule has 1 N–H and O–H groups in total. The number of aromatic nitrogens is 4. The van der Waals surface area contributed by atoms with Gasteiger partial charge in [0.2, 0.25) is 11.1 Å². The summed E-state index contributed by atoms with van der Waals surface area (Å²) < 4.78 is 6.89. The Balaban J connectivity index is 1.76. The average molecular weight is 418 g/mol. The molecule has 0 unspecified atom stereocenters. The quantitative estimate of drug-likeness (QED) is 0.609. The number of halogens is 1. The molecule has 1 amide bonds. The van der Waals surface area contributed by atoms with Crippen LogP contribution in [0.1, 0.15) is 18.1 Å². The van der Waals surface area contributed by atoms with E-state index in [1.54, 1.807) is 29.8 Å². The number of thioether (sulfide) groups is 1. The number of methoxy groups -OCH3 is 1. The van der Waals surface area contributed by atoms with Gasteiger partial charge in [-0.3, -0.25) is 4.79 Å². The fourth-order valence-corrected chi connectivity index (χ4v) is 3.48. The third-order valence-electron chi connectivity index (χ3n) is 4.25. The smallest absolute Gasteiger partial charge is 0.237 e. The Morgan fingerprint density at radius 1 is 1.21 bits per heavy atom. The topological polar surface area (TPSA) is 81.9 Å². The van der Waals surface area contributed by atoms with Gasteiger partial charge in [-0.25, -0.2) is 0 Å². The summed E-state index contributed by atoms with van der Waals surface area (Å²) in [6.45, 7) is 5.87. The maximum absolute atomic E-state index is 12.7. The summed E-state index contributed by atoms with van der Waals surface area (Å²) in [5.74, 6) is 0.329. The van der Waals surface area contributed by atoms with Gasteiger partial charge in [0.1, 0.15) is 5.75 Å². The van der Waals surface area contributed by atoms with Crippen molar-refractivity contribution in [1.82, 2.24) is 20.2 Å². The zero-order valence-electron chi connectivity index (χ0n) is 15.9. The fraction of sp³-hybridized carbons (Fsp3) is 0.263. The Morgan fingerprint density at radius 2 is 2.00 bits per heavy atom. The van der Waals surface area contributed by atoms with E-state index in [1.165, 1.54) is 24.4 Å². The van der Waals surface area contributed by atoms with E-state index in [2.05, 4.69) is 20.8 Å².